The van der Waals surface area contributed by atoms with Gasteiger partial charge in [-0.2, -0.15) is 14.0 Å². The molecule has 3 aromatic heterocycles. The minimum atomic E-state index is -3.40. The number of nitriles is 1. The third kappa shape index (κ3) is 3.22. The number of halogens is 2. The van der Waals surface area contributed by atoms with E-state index < -0.39 is 5.92 Å². The van der Waals surface area contributed by atoms with Crippen LogP contribution in [0.4, 0.5) is 8.78 Å². The third-order valence-corrected chi connectivity index (χ3v) is 5.73. The van der Waals surface area contributed by atoms with E-state index in [0.29, 0.717) is 46.9 Å². The van der Waals surface area contributed by atoms with Gasteiger partial charge in [0.2, 0.25) is 0 Å². The standard InChI is InChI=1S/C23H19F2N5O/c1-14-10-16(7-9-31-14)30-21-17-11-15(12-26)5-6-18(17)28-13-19(21)29-22(30)23(24,25)20-4-2-3-8-27-20/h2-6,8,11,13-14,16H,7,9-10H2,1H3/t14-,16?/m1/s1. The molecule has 0 aliphatic carbocycles. The fourth-order valence-electron chi connectivity index (χ4n) is 4.30. The third-order valence-electron chi connectivity index (χ3n) is 5.73. The summed E-state index contributed by atoms with van der Waals surface area (Å²) in [7, 11) is 0. The van der Waals surface area contributed by atoms with Gasteiger partial charge in [-0.05, 0) is 50.1 Å². The lowest BCUT2D eigenvalue weighted by molar-refractivity contribution is -0.00559. The maximum Gasteiger partial charge on any atom is 0.346 e. The zero-order valence-corrected chi connectivity index (χ0v) is 16.8. The highest BCUT2D eigenvalue weighted by Crippen LogP contribution is 2.41. The molecule has 156 valence electrons. The molecule has 1 aliphatic rings. The molecule has 2 atom stereocenters. The van der Waals surface area contributed by atoms with E-state index in [4.69, 9.17) is 4.74 Å². The molecule has 1 fully saturated rings. The van der Waals surface area contributed by atoms with Crippen molar-refractivity contribution in [3.8, 4) is 6.07 Å². The highest BCUT2D eigenvalue weighted by Gasteiger charge is 2.43. The smallest absolute Gasteiger partial charge is 0.346 e. The van der Waals surface area contributed by atoms with Gasteiger partial charge < -0.3 is 9.30 Å². The number of aromatic nitrogens is 4. The number of alkyl halides is 2. The molecular weight excluding hydrogens is 400 g/mol. The van der Waals surface area contributed by atoms with Crippen molar-refractivity contribution in [2.75, 3.05) is 6.61 Å². The van der Waals surface area contributed by atoms with Crippen LogP contribution in [0.2, 0.25) is 0 Å². The largest absolute Gasteiger partial charge is 0.378 e. The summed E-state index contributed by atoms with van der Waals surface area (Å²) in [6, 6.07) is 11.4. The summed E-state index contributed by atoms with van der Waals surface area (Å²) in [4.78, 5) is 12.6. The Morgan fingerprint density at radius 3 is 2.81 bits per heavy atom. The van der Waals surface area contributed by atoms with Crippen LogP contribution in [0.5, 0.6) is 0 Å². The minimum Gasteiger partial charge on any atom is -0.378 e. The van der Waals surface area contributed by atoms with E-state index in [9.17, 15) is 5.26 Å². The topological polar surface area (TPSA) is 76.6 Å². The molecule has 0 saturated carbocycles. The van der Waals surface area contributed by atoms with E-state index >= 15 is 8.78 Å². The summed E-state index contributed by atoms with van der Waals surface area (Å²) in [5.74, 6) is -3.77. The maximum absolute atomic E-state index is 15.7. The van der Waals surface area contributed by atoms with Gasteiger partial charge in [0.1, 0.15) is 11.2 Å². The summed E-state index contributed by atoms with van der Waals surface area (Å²) in [6.45, 7) is 2.42. The normalized spacial score (nSPS) is 19.5. The predicted octanol–water partition coefficient (Wildman–Crippen LogP) is 4.73. The van der Waals surface area contributed by atoms with Crippen molar-refractivity contribution >= 4 is 21.9 Å². The monoisotopic (exact) mass is 419 g/mol. The molecule has 4 heterocycles. The molecule has 31 heavy (non-hydrogen) atoms. The minimum absolute atomic E-state index is 0.0599. The number of pyridine rings is 2. The van der Waals surface area contributed by atoms with Crippen LogP contribution in [0.15, 0.2) is 48.8 Å². The van der Waals surface area contributed by atoms with Crippen LogP contribution in [0.3, 0.4) is 0 Å². The Hall–Kier alpha value is -3.44. The number of ether oxygens (including phenoxy) is 1. The first-order chi connectivity index (χ1) is 15.0. The second-order valence-electron chi connectivity index (χ2n) is 7.79. The van der Waals surface area contributed by atoms with Crippen LogP contribution in [0.25, 0.3) is 21.9 Å². The first-order valence-corrected chi connectivity index (χ1v) is 10.1. The van der Waals surface area contributed by atoms with Gasteiger partial charge in [-0.1, -0.05) is 6.07 Å². The summed E-state index contributed by atoms with van der Waals surface area (Å²) < 4.78 is 38.8. The number of rotatable bonds is 3. The SMILES string of the molecule is C[C@@H]1CC(n2c(C(F)(F)c3ccccn3)nc3cnc4ccc(C#N)cc4c32)CCO1. The quantitative estimate of drug-likeness (QED) is 0.480. The molecule has 8 heteroatoms. The molecule has 0 radical (unpaired) electrons. The van der Waals surface area contributed by atoms with E-state index in [-0.39, 0.29) is 23.7 Å². The maximum atomic E-state index is 15.7. The number of nitrogens with zero attached hydrogens (tertiary/aromatic N) is 5. The Kier molecular flexibility index (Phi) is 4.63. The van der Waals surface area contributed by atoms with Gasteiger partial charge in [-0.15, -0.1) is 0 Å². The lowest BCUT2D eigenvalue weighted by Gasteiger charge is -2.31. The Labute approximate surface area is 177 Å². The predicted molar refractivity (Wildman–Crippen MR) is 111 cm³/mol. The van der Waals surface area contributed by atoms with E-state index in [1.54, 1.807) is 28.8 Å². The van der Waals surface area contributed by atoms with Crippen molar-refractivity contribution in [3.05, 3.63) is 65.9 Å². The van der Waals surface area contributed by atoms with Crippen LogP contribution in [-0.2, 0) is 10.7 Å². The first kappa shape index (κ1) is 19.5. The van der Waals surface area contributed by atoms with Crippen LogP contribution < -0.4 is 0 Å². The number of hydrogen-bond acceptors (Lipinski definition) is 5. The van der Waals surface area contributed by atoms with E-state index in [1.807, 2.05) is 6.92 Å². The lowest BCUT2D eigenvalue weighted by Crippen LogP contribution is -2.30. The van der Waals surface area contributed by atoms with Gasteiger partial charge in [-0.3, -0.25) is 9.97 Å². The van der Waals surface area contributed by atoms with Crippen molar-refractivity contribution in [3.63, 3.8) is 0 Å². The van der Waals surface area contributed by atoms with Crippen LogP contribution in [-0.4, -0.2) is 32.2 Å². The van der Waals surface area contributed by atoms with Gasteiger partial charge in [0.25, 0.3) is 0 Å². The molecule has 0 bridgehead atoms. The van der Waals surface area contributed by atoms with Crippen molar-refractivity contribution in [2.45, 2.75) is 37.8 Å². The van der Waals surface area contributed by atoms with E-state index in [2.05, 4.69) is 21.0 Å². The zero-order valence-electron chi connectivity index (χ0n) is 16.8. The Morgan fingerprint density at radius 2 is 2.06 bits per heavy atom. The molecule has 1 aromatic carbocycles. The van der Waals surface area contributed by atoms with Gasteiger partial charge in [0.05, 0.1) is 35.0 Å². The van der Waals surface area contributed by atoms with Crippen LogP contribution in [0.1, 0.15) is 42.9 Å². The molecule has 6 nitrogen and oxygen atoms in total. The Balaban J connectivity index is 1.84. The summed E-state index contributed by atoms with van der Waals surface area (Å²) in [5.41, 5.74) is 1.63. The molecule has 0 amide bonds. The number of imidazole rings is 1. The molecule has 0 spiro atoms. The summed E-state index contributed by atoms with van der Waals surface area (Å²) in [5, 5.41) is 10.00. The molecule has 1 aliphatic heterocycles. The summed E-state index contributed by atoms with van der Waals surface area (Å²) >= 11 is 0. The Morgan fingerprint density at radius 1 is 1.19 bits per heavy atom. The van der Waals surface area contributed by atoms with Gasteiger partial charge >= 0.3 is 5.92 Å². The average molecular weight is 419 g/mol. The van der Waals surface area contributed by atoms with Crippen molar-refractivity contribution < 1.29 is 13.5 Å². The molecule has 5 rings (SSSR count). The summed E-state index contributed by atoms with van der Waals surface area (Å²) in [6.07, 6.45) is 3.97. The average Bonchev–Trinajstić information content (AvgIpc) is 3.20. The van der Waals surface area contributed by atoms with Crippen molar-refractivity contribution in [1.82, 2.24) is 19.5 Å². The van der Waals surface area contributed by atoms with Crippen molar-refractivity contribution in [2.24, 2.45) is 0 Å². The van der Waals surface area contributed by atoms with Gasteiger partial charge in [0.15, 0.2) is 5.82 Å². The molecular formula is C23H19F2N5O. The molecule has 0 N–H and O–H groups in total. The highest BCUT2D eigenvalue weighted by molar-refractivity contribution is 6.03. The second-order valence-corrected chi connectivity index (χ2v) is 7.79. The zero-order chi connectivity index (χ0) is 21.6. The molecule has 1 unspecified atom stereocenters. The second kappa shape index (κ2) is 7.36. The van der Waals surface area contributed by atoms with Crippen molar-refractivity contribution in [1.29, 1.82) is 5.26 Å². The van der Waals surface area contributed by atoms with Crippen LogP contribution in [0, 0.1) is 11.3 Å². The number of benzene rings is 1. The van der Waals surface area contributed by atoms with Crippen LogP contribution >= 0.6 is 0 Å². The Bertz CT molecular complexity index is 1310. The number of hydrogen-bond donors (Lipinski definition) is 0. The fraction of sp³-hybridized carbons (Fsp3) is 0.304. The molecule has 1 saturated heterocycles. The molecule has 4 aromatic rings. The van der Waals surface area contributed by atoms with Gasteiger partial charge in [0, 0.05) is 24.2 Å². The number of fused-ring (bicyclic) bond motifs is 3. The first-order valence-electron chi connectivity index (χ1n) is 10.1. The van der Waals surface area contributed by atoms with E-state index in [1.165, 1.54) is 24.5 Å². The lowest BCUT2D eigenvalue weighted by atomic mass is 10.0. The van der Waals surface area contributed by atoms with Gasteiger partial charge in [-0.25, -0.2) is 4.98 Å². The highest BCUT2D eigenvalue weighted by atomic mass is 19.3. The van der Waals surface area contributed by atoms with E-state index in [0.717, 1.165) is 0 Å². The fourth-order valence-corrected chi connectivity index (χ4v) is 4.30.